The third kappa shape index (κ3) is 4.30. The van der Waals surface area contributed by atoms with E-state index in [9.17, 15) is 23.1 Å². The summed E-state index contributed by atoms with van der Waals surface area (Å²) in [5.74, 6) is -1.35. The summed E-state index contributed by atoms with van der Waals surface area (Å²) in [5, 5.41) is 15.5. The molecule has 1 N–H and O–H groups in total. The number of alkyl halides is 1. The number of aliphatic hydroxyl groups is 1. The minimum Gasteiger partial charge on any atom is -0.396 e. The van der Waals surface area contributed by atoms with E-state index in [0.29, 0.717) is 17.0 Å². The lowest BCUT2D eigenvalue weighted by Crippen LogP contribution is -2.47. The van der Waals surface area contributed by atoms with Crippen molar-refractivity contribution in [3.05, 3.63) is 71.3 Å². The van der Waals surface area contributed by atoms with Crippen LogP contribution < -0.4 is 0 Å². The Morgan fingerprint density at radius 1 is 1.27 bits per heavy atom. The molecule has 0 saturated heterocycles. The van der Waals surface area contributed by atoms with Crippen molar-refractivity contribution in [2.24, 2.45) is 5.10 Å². The predicted molar refractivity (Wildman–Crippen MR) is 107 cm³/mol. The molecule has 1 atom stereocenters. The van der Waals surface area contributed by atoms with Gasteiger partial charge in [0.15, 0.2) is 0 Å². The molecule has 0 bridgehead atoms. The zero-order chi connectivity index (χ0) is 21.7. The van der Waals surface area contributed by atoms with Crippen molar-refractivity contribution in [2.75, 3.05) is 20.5 Å². The summed E-state index contributed by atoms with van der Waals surface area (Å²) < 4.78 is 40.9. The molecule has 2 aromatic carbocycles. The number of hydrogen-bond acceptors (Lipinski definition) is 5. The number of hydrazone groups is 1. The fraction of sp³-hybridized carbons (Fsp3) is 0.300. The van der Waals surface area contributed by atoms with Crippen LogP contribution in [-0.4, -0.2) is 46.8 Å². The number of carbonyl (C=O) groups excluding carboxylic acids is 1. The van der Waals surface area contributed by atoms with Crippen molar-refractivity contribution >= 4 is 22.8 Å². The van der Waals surface area contributed by atoms with Gasteiger partial charge in [-0.05, 0) is 36.6 Å². The minimum atomic E-state index is -1.23. The van der Waals surface area contributed by atoms with E-state index in [-0.39, 0.29) is 23.6 Å². The SMILES string of the molecule is CN(OCF)C(=O)N1N=C(c2cc(F)ccc2F)SC1(CCCO)c1ccccc1. The van der Waals surface area contributed by atoms with Gasteiger partial charge in [-0.3, -0.25) is 0 Å². The molecule has 3 rings (SSSR count). The Balaban J connectivity index is 2.13. The van der Waals surface area contributed by atoms with Gasteiger partial charge in [-0.25, -0.2) is 27.9 Å². The first-order valence-electron chi connectivity index (χ1n) is 9.09. The first-order chi connectivity index (χ1) is 14.4. The Kier molecular flexibility index (Phi) is 7.01. The molecule has 10 heteroatoms. The number of thioether (sulfide) groups is 1. The third-order valence-corrected chi connectivity index (χ3v) is 5.99. The van der Waals surface area contributed by atoms with Gasteiger partial charge >= 0.3 is 6.03 Å². The number of aliphatic hydroxyl groups excluding tert-OH is 1. The van der Waals surface area contributed by atoms with Crippen LogP contribution in [0.5, 0.6) is 0 Å². The zero-order valence-electron chi connectivity index (χ0n) is 16.1. The van der Waals surface area contributed by atoms with Gasteiger partial charge in [0, 0.05) is 19.2 Å². The lowest BCUT2D eigenvalue weighted by atomic mass is 10.0. The Hall–Kier alpha value is -2.56. The summed E-state index contributed by atoms with van der Waals surface area (Å²) >= 11 is 1.06. The van der Waals surface area contributed by atoms with Crippen LogP contribution in [0.1, 0.15) is 24.0 Å². The largest absolute Gasteiger partial charge is 0.396 e. The molecular formula is C20H20F3N3O3S. The first-order valence-corrected chi connectivity index (χ1v) is 9.91. The van der Waals surface area contributed by atoms with Crippen LogP contribution in [0.25, 0.3) is 0 Å². The molecule has 0 aliphatic carbocycles. The van der Waals surface area contributed by atoms with Crippen molar-refractivity contribution in [2.45, 2.75) is 17.7 Å². The fourth-order valence-corrected chi connectivity index (χ4v) is 4.54. The quantitative estimate of drug-likeness (QED) is 0.657. The number of carbonyl (C=O) groups is 1. The summed E-state index contributed by atoms with van der Waals surface area (Å²) in [5.41, 5.74) is 0.551. The van der Waals surface area contributed by atoms with Crippen LogP contribution in [0.15, 0.2) is 53.6 Å². The molecule has 6 nitrogen and oxygen atoms in total. The number of urea groups is 1. The number of hydrogen-bond donors (Lipinski definition) is 1. The normalized spacial score (nSPS) is 18.4. The van der Waals surface area contributed by atoms with E-state index in [1.165, 1.54) is 7.05 Å². The van der Waals surface area contributed by atoms with Crippen LogP contribution >= 0.6 is 11.8 Å². The second kappa shape index (κ2) is 9.50. The molecule has 1 heterocycles. The lowest BCUT2D eigenvalue weighted by molar-refractivity contribution is -0.143. The summed E-state index contributed by atoms with van der Waals surface area (Å²) in [7, 11) is 1.23. The molecule has 0 radical (unpaired) electrons. The lowest BCUT2D eigenvalue weighted by Gasteiger charge is -2.37. The monoisotopic (exact) mass is 439 g/mol. The van der Waals surface area contributed by atoms with Gasteiger partial charge in [0.2, 0.25) is 6.86 Å². The minimum absolute atomic E-state index is 0.0794. The fourth-order valence-electron chi connectivity index (χ4n) is 3.12. The van der Waals surface area contributed by atoms with Gasteiger partial charge in [0.05, 0.1) is 0 Å². The molecule has 2 aromatic rings. The Bertz CT molecular complexity index is 932. The van der Waals surface area contributed by atoms with Crippen LogP contribution in [0.4, 0.5) is 18.0 Å². The van der Waals surface area contributed by atoms with E-state index in [4.69, 9.17) is 0 Å². The molecule has 1 aliphatic heterocycles. The molecule has 0 fully saturated rings. The van der Waals surface area contributed by atoms with Crippen molar-refractivity contribution in [1.82, 2.24) is 10.1 Å². The molecule has 30 heavy (non-hydrogen) atoms. The van der Waals surface area contributed by atoms with Crippen LogP contribution in [0.3, 0.4) is 0 Å². The molecule has 2 amide bonds. The molecule has 0 spiro atoms. The summed E-state index contributed by atoms with van der Waals surface area (Å²) in [6.07, 6.45) is 0.547. The van der Waals surface area contributed by atoms with Gasteiger partial charge in [-0.2, -0.15) is 10.1 Å². The number of rotatable bonds is 7. The van der Waals surface area contributed by atoms with Gasteiger partial charge < -0.3 is 5.11 Å². The summed E-state index contributed by atoms with van der Waals surface area (Å²) in [4.78, 5) is 16.5. The van der Waals surface area contributed by atoms with E-state index in [0.717, 1.165) is 35.0 Å². The average Bonchev–Trinajstić information content (AvgIpc) is 3.14. The molecule has 1 aliphatic rings. The maximum atomic E-state index is 14.4. The van der Waals surface area contributed by atoms with E-state index in [1.807, 2.05) is 0 Å². The third-order valence-electron chi connectivity index (χ3n) is 4.55. The second-order valence-electron chi connectivity index (χ2n) is 6.44. The smallest absolute Gasteiger partial charge is 0.365 e. The molecule has 1 unspecified atom stereocenters. The van der Waals surface area contributed by atoms with Gasteiger partial charge in [-0.15, -0.1) is 0 Å². The highest BCUT2D eigenvalue weighted by molar-refractivity contribution is 8.15. The van der Waals surface area contributed by atoms with E-state index >= 15 is 0 Å². The highest BCUT2D eigenvalue weighted by Crippen LogP contribution is 2.50. The molecule has 0 saturated carbocycles. The van der Waals surface area contributed by atoms with Gasteiger partial charge in [0.1, 0.15) is 21.5 Å². The summed E-state index contributed by atoms with van der Waals surface area (Å²) in [6, 6.07) is 11.0. The Morgan fingerprint density at radius 3 is 2.67 bits per heavy atom. The Morgan fingerprint density at radius 2 is 2.00 bits per heavy atom. The van der Waals surface area contributed by atoms with Crippen LogP contribution in [0.2, 0.25) is 0 Å². The zero-order valence-corrected chi connectivity index (χ0v) is 16.9. The average molecular weight is 439 g/mol. The summed E-state index contributed by atoms with van der Waals surface area (Å²) in [6.45, 7) is -1.38. The number of halogens is 3. The van der Waals surface area contributed by atoms with Crippen LogP contribution in [0, 0.1) is 11.6 Å². The second-order valence-corrected chi connectivity index (χ2v) is 7.71. The maximum Gasteiger partial charge on any atom is 0.365 e. The maximum absolute atomic E-state index is 14.4. The molecule has 160 valence electrons. The highest BCUT2D eigenvalue weighted by Gasteiger charge is 2.49. The van der Waals surface area contributed by atoms with Crippen molar-refractivity contribution in [3.8, 4) is 0 Å². The van der Waals surface area contributed by atoms with Gasteiger partial charge in [-0.1, -0.05) is 42.1 Å². The number of nitrogens with zero attached hydrogens (tertiary/aromatic N) is 3. The van der Waals surface area contributed by atoms with Crippen molar-refractivity contribution < 1.29 is 27.9 Å². The van der Waals surface area contributed by atoms with E-state index in [1.54, 1.807) is 30.3 Å². The molecule has 0 aromatic heterocycles. The topological polar surface area (TPSA) is 65.4 Å². The standard InChI is InChI=1S/C20H20F3N3O3S/c1-25(29-13-21)19(28)26-20(10-5-11-27,14-6-3-2-4-7-14)30-18(24-26)16-12-15(22)8-9-17(16)23/h2-4,6-9,12,27H,5,10-11,13H2,1H3. The highest BCUT2D eigenvalue weighted by atomic mass is 32.2. The van der Waals surface area contributed by atoms with Crippen molar-refractivity contribution in [3.63, 3.8) is 0 Å². The van der Waals surface area contributed by atoms with Crippen molar-refractivity contribution in [1.29, 1.82) is 0 Å². The van der Waals surface area contributed by atoms with Crippen LogP contribution in [-0.2, 0) is 9.71 Å². The van der Waals surface area contributed by atoms with E-state index in [2.05, 4.69) is 9.94 Å². The first kappa shape index (κ1) is 22.1. The number of benzene rings is 2. The molecular weight excluding hydrogens is 419 g/mol. The number of amides is 2. The Labute approximate surface area is 175 Å². The van der Waals surface area contributed by atoms with Gasteiger partial charge in [0.25, 0.3) is 0 Å². The number of hydroxylamine groups is 2. The van der Waals surface area contributed by atoms with E-state index < -0.39 is 29.4 Å². The predicted octanol–water partition coefficient (Wildman–Crippen LogP) is 4.21.